The number of aromatic amines is 1. The lowest BCUT2D eigenvalue weighted by molar-refractivity contribution is -0.137. The number of rotatable bonds is 3. The summed E-state index contributed by atoms with van der Waals surface area (Å²) in [5.74, 6) is -0.514. The highest BCUT2D eigenvalue weighted by Crippen LogP contribution is 2.16. The molecular weight excluding hydrogens is 312 g/mol. The number of hydrogen-bond donors (Lipinski definition) is 1. The number of carbonyl (C=O) groups excluding carboxylic acids is 2. The largest absolute Gasteiger partial charge is 0.330 e. The molecule has 0 spiro atoms. The number of H-pyrrole nitrogens is 1. The molecule has 0 bridgehead atoms. The second-order valence-electron chi connectivity index (χ2n) is 5.43. The molecule has 1 aromatic heterocycles. The quantitative estimate of drug-likeness (QED) is 0.815. The molecule has 1 saturated heterocycles. The summed E-state index contributed by atoms with van der Waals surface area (Å²) in [4.78, 5) is 52.4. The molecule has 1 fully saturated rings. The maximum absolute atomic E-state index is 12.3. The standard InChI is InChI=1S/C16H16N4O4/c21-13-6-7-19(16(24)17-13)10-14(22)18-8-9-20(15(23)11-18)12-4-2-1-3-5-12/h1-7H,8-11H2,(H,17,21,24). The van der Waals surface area contributed by atoms with E-state index in [4.69, 9.17) is 0 Å². The lowest BCUT2D eigenvalue weighted by Crippen LogP contribution is -2.53. The maximum atomic E-state index is 12.3. The van der Waals surface area contributed by atoms with Crippen LogP contribution in [-0.4, -0.2) is 45.9 Å². The number of nitrogens with zero attached hydrogens (tertiary/aromatic N) is 3. The van der Waals surface area contributed by atoms with Crippen LogP contribution in [0.1, 0.15) is 0 Å². The normalized spacial score (nSPS) is 14.8. The molecule has 0 radical (unpaired) electrons. The third-order valence-corrected chi connectivity index (χ3v) is 3.84. The number of hydrogen-bond acceptors (Lipinski definition) is 4. The van der Waals surface area contributed by atoms with E-state index in [0.717, 1.165) is 10.3 Å². The van der Waals surface area contributed by atoms with Gasteiger partial charge >= 0.3 is 5.69 Å². The molecule has 8 nitrogen and oxygen atoms in total. The van der Waals surface area contributed by atoms with Gasteiger partial charge < -0.3 is 9.80 Å². The van der Waals surface area contributed by atoms with E-state index >= 15 is 0 Å². The first-order chi connectivity index (χ1) is 11.5. The van der Waals surface area contributed by atoms with Crippen LogP contribution in [0.3, 0.4) is 0 Å². The van der Waals surface area contributed by atoms with Gasteiger partial charge in [-0.2, -0.15) is 0 Å². The van der Waals surface area contributed by atoms with Crippen LogP contribution in [0.5, 0.6) is 0 Å². The van der Waals surface area contributed by atoms with Crippen LogP contribution >= 0.6 is 0 Å². The van der Waals surface area contributed by atoms with Crippen molar-refractivity contribution in [2.24, 2.45) is 0 Å². The van der Waals surface area contributed by atoms with Crippen LogP contribution in [0.25, 0.3) is 0 Å². The SMILES string of the molecule is O=C(Cn1ccc(=O)[nH]c1=O)N1CCN(c2ccccc2)C(=O)C1. The van der Waals surface area contributed by atoms with Crippen molar-refractivity contribution in [3.05, 3.63) is 63.4 Å². The minimum absolute atomic E-state index is 0.0359. The van der Waals surface area contributed by atoms with Crippen molar-refractivity contribution in [1.29, 1.82) is 0 Å². The zero-order valence-electron chi connectivity index (χ0n) is 12.8. The van der Waals surface area contributed by atoms with Gasteiger partial charge in [0.1, 0.15) is 13.1 Å². The Morgan fingerprint density at radius 3 is 2.46 bits per heavy atom. The predicted molar refractivity (Wildman–Crippen MR) is 86.7 cm³/mol. The Kier molecular flexibility index (Phi) is 4.28. The van der Waals surface area contributed by atoms with Crippen molar-refractivity contribution in [2.75, 3.05) is 24.5 Å². The number of carbonyl (C=O) groups is 2. The molecule has 2 amide bonds. The molecule has 1 aromatic carbocycles. The number of aromatic nitrogens is 2. The van der Waals surface area contributed by atoms with E-state index in [2.05, 4.69) is 4.98 Å². The highest BCUT2D eigenvalue weighted by molar-refractivity contribution is 5.97. The van der Waals surface area contributed by atoms with Crippen LogP contribution in [-0.2, 0) is 16.1 Å². The molecule has 2 heterocycles. The molecule has 0 aliphatic carbocycles. The zero-order chi connectivity index (χ0) is 17.1. The molecule has 2 aromatic rings. The van der Waals surface area contributed by atoms with E-state index in [1.54, 1.807) is 4.90 Å². The molecule has 1 aliphatic heterocycles. The van der Waals surface area contributed by atoms with Gasteiger partial charge in [-0.1, -0.05) is 18.2 Å². The smallest absolute Gasteiger partial charge is 0.328 e. The average Bonchev–Trinajstić information content (AvgIpc) is 2.58. The van der Waals surface area contributed by atoms with Gasteiger partial charge in [-0.05, 0) is 12.1 Å². The lowest BCUT2D eigenvalue weighted by atomic mass is 10.2. The first kappa shape index (κ1) is 15.7. The Morgan fingerprint density at radius 2 is 1.79 bits per heavy atom. The van der Waals surface area contributed by atoms with Crippen LogP contribution in [0.2, 0.25) is 0 Å². The molecule has 1 N–H and O–H groups in total. The van der Waals surface area contributed by atoms with E-state index in [0.29, 0.717) is 13.1 Å². The third-order valence-electron chi connectivity index (χ3n) is 3.84. The van der Waals surface area contributed by atoms with Crippen LogP contribution < -0.4 is 16.1 Å². The minimum Gasteiger partial charge on any atom is -0.330 e. The average molecular weight is 328 g/mol. The summed E-state index contributed by atoms with van der Waals surface area (Å²) in [5.41, 5.74) is -0.369. The maximum Gasteiger partial charge on any atom is 0.328 e. The predicted octanol–water partition coefficient (Wildman–Crippen LogP) is -0.588. The van der Waals surface area contributed by atoms with Crippen LogP contribution in [0.4, 0.5) is 5.69 Å². The number of anilines is 1. The highest BCUT2D eigenvalue weighted by Gasteiger charge is 2.28. The number of para-hydroxylation sites is 1. The Hall–Kier alpha value is -3.16. The second-order valence-corrected chi connectivity index (χ2v) is 5.43. The number of nitrogens with one attached hydrogen (secondary N) is 1. The highest BCUT2D eigenvalue weighted by atomic mass is 16.2. The number of amides is 2. The minimum atomic E-state index is -0.648. The van der Waals surface area contributed by atoms with Gasteiger partial charge in [0.2, 0.25) is 11.8 Å². The Bertz CT molecular complexity index is 871. The molecule has 3 rings (SSSR count). The van der Waals surface area contributed by atoms with Crippen molar-refractivity contribution < 1.29 is 9.59 Å². The summed E-state index contributed by atoms with van der Waals surface area (Å²) in [6.07, 6.45) is 1.26. The Labute approximate surface area is 136 Å². The first-order valence-corrected chi connectivity index (χ1v) is 7.47. The summed E-state index contributed by atoms with van der Waals surface area (Å²) in [6.45, 7) is 0.534. The van der Waals surface area contributed by atoms with Crippen molar-refractivity contribution in [3.8, 4) is 0 Å². The summed E-state index contributed by atoms with van der Waals surface area (Å²) in [6, 6.07) is 10.4. The summed E-state index contributed by atoms with van der Waals surface area (Å²) >= 11 is 0. The lowest BCUT2D eigenvalue weighted by Gasteiger charge is -2.34. The summed E-state index contributed by atoms with van der Waals surface area (Å²) < 4.78 is 1.11. The first-order valence-electron chi connectivity index (χ1n) is 7.47. The van der Waals surface area contributed by atoms with Crippen molar-refractivity contribution >= 4 is 17.5 Å². The molecule has 0 atom stereocenters. The Balaban J connectivity index is 1.67. The third kappa shape index (κ3) is 3.27. The fraction of sp³-hybridized carbons (Fsp3) is 0.250. The van der Waals surface area contributed by atoms with Crippen molar-refractivity contribution in [3.63, 3.8) is 0 Å². The molecule has 1 aliphatic rings. The van der Waals surface area contributed by atoms with E-state index in [-0.39, 0.29) is 24.9 Å². The van der Waals surface area contributed by atoms with Gasteiger partial charge in [0.15, 0.2) is 0 Å². The van der Waals surface area contributed by atoms with Gasteiger partial charge in [-0.15, -0.1) is 0 Å². The summed E-state index contributed by atoms with van der Waals surface area (Å²) in [7, 11) is 0. The molecule has 8 heteroatoms. The van der Waals surface area contributed by atoms with Gasteiger partial charge in [0.05, 0.1) is 0 Å². The fourth-order valence-corrected chi connectivity index (χ4v) is 2.58. The zero-order valence-corrected chi connectivity index (χ0v) is 12.8. The van der Waals surface area contributed by atoms with E-state index in [1.165, 1.54) is 17.2 Å². The Morgan fingerprint density at radius 1 is 1.04 bits per heavy atom. The van der Waals surface area contributed by atoms with Crippen LogP contribution in [0, 0.1) is 0 Å². The number of benzene rings is 1. The fourth-order valence-electron chi connectivity index (χ4n) is 2.58. The summed E-state index contributed by atoms with van der Waals surface area (Å²) in [5, 5.41) is 0. The van der Waals surface area contributed by atoms with Gasteiger partial charge in [-0.3, -0.25) is 23.9 Å². The van der Waals surface area contributed by atoms with E-state index < -0.39 is 11.2 Å². The van der Waals surface area contributed by atoms with Gasteiger partial charge in [0.25, 0.3) is 5.56 Å². The van der Waals surface area contributed by atoms with Crippen LogP contribution in [0.15, 0.2) is 52.2 Å². The molecule has 124 valence electrons. The van der Waals surface area contributed by atoms with Crippen molar-refractivity contribution in [1.82, 2.24) is 14.5 Å². The van der Waals surface area contributed by atoms with Gasteiger partial charge in [0, 0.05) is 31.0 Å². The second kappa shape index (κ2) is 6.53. The van der Waals surface area contributed by atoms with E-state index in [1.807, 2.05) is 30.3 Å². The molecular formula is C16H16N4O4. The monoisotopic (exact) mass is 328 g/mol. The topological polar surface area (TPSA) is 95.5 Å². The molecule has 24 heavy (non-hydrogen) atoms. The van der Waals surface area contributed by atoms with Gasteiger partial charge in [-0.25, -0.2) is 4.79 Å². The van der Waals surface area contributed by atoms with Crippen molar-refractivity contribution in [2.45, 2.75) is 6.54 Å². The van der Waals surface area contributed by atoms with E-state index in [9.17, 15) is 19.2 Å². The molecule has 0 unspecified atom stereocenters. The number of piperazine rings is 1. The molecule has 0 saturated carbocycles.